The van der Waals surface area contributed by atoms with Gasteiger partial charge in [-0.3, -0.25) is 9.59 Å². The molecule has 1 fully saturated rings. The largest absolute Gasteiger partial charge is 0.462 e. The third kappa shape index (κ3) is 4.39. The lowest BCUT2D eigenvalue weighted by atomic mass is 9.71. The van der Waals surface area contributed by atoms with Crippen molar-refractivity contribution in [1.82, 2.24) is 5.32 Å². The summed E-state index contributed by atoms with van der Waals surface area (Å²) in [4.78, 5) is 25.9. The summed E-state index contributed by atoms with van der Waals surface area (Å²) in [6.45, 7) is 4.62. The number of carbonyl (C=O) groups is 2. The quantitative estimate of drug-likeness (QED) is 0.717. The Labute approximate surface area is 178 Å². The molecule has 1 N–H and O–H groups in total. The molecule has 1 saturated heterocycles. The van der Waals surface area contributed by atoms with E-state index in [9.17, 15) is 22.8 Å². The van der Waals surface area contributed by atoms with Gasteiger partial charge in [-0.05, 0) is 37.3 Å². The second kappa shape index (κ2) is 8.49. The molecule has 4 rings (SSSR count). The van der Waals surface area contributed by atoms with Crippen LogP contribution in [-0.2, 0) is 25.2 Å². The number of nitrogens with one attached hydrogen (secondary N) is 1. The predicted octanol–water partition coefficient (Wildman–Crippen LogP) is 4.25. The number of ether oxygens (including phenoxy) is 2. The lowest BCUT2D eigenvalue weighted by molar-refractivity contribution is -0.151. The van der Waals surface area contributed by atoms with E-state index in [1.54, 1.807) is 0 Å². The monoisotopic (exact) mass is 435 g/mol. The van der Waals surface area contributed by atoms with Crippen LogP contribution in [0.4, 0.5) is 13.2 Å². The Kier molecular flexibility index (Phi) is 5.92. The highest BCUT2D eigenvalue weighted by molar-refractivity contribution is 6.00. The Hall–Kier alpha value is -2.61. The molecule has 0 aromatic heterocycles. The minimum absolute atomic E-state index is 0.0672. The highest BCUT2D eigenvalue weighted by Gasteiger charge is 2.44. The molecule has 3 unspecified atom stereocenters. The van der Waals surface area contributed by atoms with Gasteiger partial charge in [-0.2, -0.15) is 13.2 Å². The number of carbonyl (C=O) groups excluding carboxylic acids is 2. The Morgan fingerprint density at radius 2 is 2.06 bits per heavy atom. The zero-order valence-electron chi connectivity index (χ0n) is 17.0. The minimum Gasteiger partial charge on any atom is -0.462 e. The summed E-state index contributed by atoms with van der Waals surface area (Å²) in [5.74, 6) is -2.68. The summed E-state index contributed by atoms with van der Waals surface area (Å²) in [5, 5.41) is 3.06. The van der Waals surface area contributed by atoms with Gasteiger partial charge in [0, 0.05) is 35.9 Å². The van der Waals surface area contributed by atoms with Crippen LogP contribution < -0.4 is 5.32 Å². The lowest BCUT2D eigenvalue weighted by Crippen LogP contribution is -2.41. The number of esters is 1. The van der Waals surface area contributed by atoms with Crippen molar-refractivity contribution in [2.75, 3.05) is 13.2 Å². The molecule has 3 aliphatic rings. The Bertz CT molecular complexity index is 931. The first-order valence-electron chi connectivity index (χ1n) is 10.4. The molecule has 2 heterocycles. The SMILES string of the molecule is C=C1NC2=C(C(=O)CCC2)C(c2cccc(C(F)(F)F)c2)C1C(=O)OCC1CCCO1. The van der Waals surface area contributed by atoms with Gasteiger partial charge in [-0.25, -0.2) is 0 Å². The topological polar surface area (TPSA) is 64.6 Å². The average molecular weight is 435 g/mol. The zero-order valence-corrected chi connectivity index (χ0v) is 17.0. The molecule has 8 heteroatoms. The first-order chi connectivity index (χ1) is 14.8. The molecule has 0 spiro atoms. The third-order valence-electron chi connectivity index (χ3n) is 6.05. The van der Waals surface area contributed by atoms with Crippen LogP contribution in [0.15, 0.2) is 47.8 Å². The number of alkyl halides is 3. The number of hydrogen-bond acceptors (Lipinski definition) is 5. The summed E-state index contributed by atoms with van der Waals surface area (Å²) < 4.78 is 51.0. The standard InChI is InChI=1S/C23H24F3NO4/c1-13-19(22(29)31-12-16-7-4-10-30-16)20(21-17(27-13)8-3-9-18(21)28)14-5-2-6-15(11-14)23(24,25)26/h2,5-6,11,16,19-20,27H,1,3-4,7-10,12H2. The number of hydrogen-bond donors (Lipinski definition) is 1. The van der Waals surface area contributed by atoms with Crippen LogP contribution in [0.3, 0.4) is 0 Å². The molecule has 0 radical (unpaired) electrons. The fourth-order valence-corrected chi connectivity index (χ4v) is 4.58. The minimum atomic E-state index is -4.54. The number of Topliss-reactive ketones (excluding diaryl/α,β-unsaturated/α-hetero) is 1. The van der Waals surface area contributed by atoms with E-state index in [-0.39, 0.29) is 24.1 Å². The third-order valence-corrected chi connectivity index (χ3v) is 6.05. The smallest absolute Gasteiger partial charge is 0.416 e. The molecular formula is C23H24F3NO4. The highest BCUT2D eigenvalue weighted by atomic mass is 19.4. The van der Waals surface area contributed by atoms with Crippen molar-refractivity contribution >= 4 is 11.8 Å². The molecule has 1 aliphatic carbocycles. The molecule has 1 aromatic carbocycles. The van der Waals surface area contributed by atoms with Crippen LogP contribution in [0.2, 0.25) is 0 Å². The van der Waals surface area contributed by atoms with Gasteiger partial charge in [0.25, 0.3) is 0 Å². The molecule has 5 nitrogen and oxygen atoms in total. The second-order valence-corrected chi connectivity index (χ2v) is 8.16. The Balaban J connectivity index is 1.72. The van der Waals surface area contributed by atoms with E-state index in [0.717, 1.165) is 25.0 Å². The van der Waals surface area contributed by atoms with Gasteiger partial charge in [0.2, 0.25) is 0 Å². The van der Waals surface area contributed by atoms with Gasteiger partial charge < -0.3 is 14.8 Å². The normalized spacial score (nSPS) is 26.5. The van der Waals surface area contributed by atoms with Crippen LogP contribution in [0, 0.1) is 5.92 Å². The summed E-state index contributed by atoms with van der Waals surface area (Å²) in [5.41, 5.74) is 0.738. The summed E-state index contributed by atoms with van der Waals surface area (Å²) in [6.07, 6.45) is -1.55. The van der Waals surface area contributed by atoms with Gasteiger partial charge in [-0.15, -0.1) is 0 Å². The van der Waals surface area contributed by atoms with Gasteiger partial charge in [0.05, 0.1) is 11.7 Å². The Morgan fingerprint density at radius 1 is 1.26 bits per heavy atom. The molecule has 1 aromatic rings. The van der Waals surface area contributed by atoms with Gasteiger partial charge >= 0.3 is 12.1 Å². The maximum absolute atomic E-state index is 13.4. The maximum Gasteiger partial charge on any atom is 0.416 e. The van der Waals surface area contributed by atoms with E-state index in [2.05, 4.69) is 11.9 Å². The van der Waals surface area contributed by atoms with Crippen LogP contribution >= 0.6 is 0 Å². The molecule has 0 saturated carbocycles. The average Bonchev–Trinajstić information content (AvgIpc) is 3.24. The number of benzene rings is 1. The van der Waals surface area contributed by atoms with Crippen molar-refractivity contribution in [1.29, 1.82) is 0 Å². The van der Waals surface area contributed by atoms with E-state index in [1.807, 2.05) is 0 Å². The first-order valence-corrected chi connectivity index (χ1v) is 10.4. The molecule has 2 aliphatic heterocycles. The predicted molar refractivity (Wildman–Crippen MR) is 106 cm³/mol. The van der Waals surface area contributed by atoms with Gasteiger partial charge in [-0.1, -0.05) is 24.8 Å². The molecule has 3 atom stereocenters. The van der Waals surface area contributed by atoms with E-state index in [0.29, 0.717) is 42.8 Å². The fraction of sp³-hybridized carbons (Fsp3) is 0.478. The van der Waals surface area contributed by atoms with E-state index in [4.69, 9.17) is 9.47 Å². The second-order valence-electron chi connectivity index (χ2n) is 8.16. The van der Waals surface area contributed by atoms with Crippen molar-refractivity contribution in [2.24, 2.45) is 5.92 Å². The van der Waals surface area contributed by atoms with Gasteiger partial charge in [0.1, 0.15) is 12.5 Å². The van der Waals surface area contributed by atoms with Crippen molar-refractivity contribution < 1.29 is 32.2 Å². The van der Waals surface area contributed by atoms with Crippen LogP contribution in [0.1, 0.15) is 49.1 Å². The van der Waals surface area contributed by atoms with Crippen molar-refractivity contribution in [2.45, 2.75) is 50.3 Å². The molecule has 166 valence electrons. The number of allylic oxidation sites excluding steroid dienone is 2. The van der Waals surface area contributed by atoms with E-state index >= 15 is 0 Å². The number of rotatable bonds is 4. The Morgan fingerprint density at radius 3 is 2.77 bits per heavy atom. The highest BCUT2D eigenvalue weighted by Crippen LogP contribution is 2.45. The fourth-order valence-electron chi connectivity index (χ4n) is 4.58. The van der Waals surface area contributed by atoms with Crippen molar-refractivity contribution in [3.05, 3.63) is 58.9 Å². The van der Waals surface area contributed by atoms with Crippen molar-refractivity contribution in [3.8, 4) is 0 Å². The zero-order chi connectivity index (χ0) is 22.2. The molecular weight excluding hydrogens is 411 g/mol. The summed E-state index contributed by atoms with van der Waals surface area (Å²) in [7, 11) is 0. The summed E-state index contributed by atoms with van der Waals surface area (Å²) >= 11 is 0. The van der Waals surface area contributed by atoms with E-state index < -0.39 is 29.5 Å². The first kappa shape index (κ1) is 21.6. The van der Waals surface area contributed by atoms with E-state index in [1.165, 1.54) is 12.1 Å². The summed E-state index contributed by atoms with van der Waals surface area (Å²) in [6, 6.07) is 4.80. The van der Waals surface area contributed by atoms with Crippen LogP contribution in [-0.4, -0.2) is 31.1 Å². The molecule has 0 amide bonds. The lowest BCUT2D eigenvalue weighted by Gasteiger charge is -2.38. The maximum atomic E-state index is 13.4. The molecule has 0 bridgehead atoms. The number of halogens is 3. The van der Waals surface area contributed by atoms with Gasteiger partial charge in [0.15, 0.2) is 5.78 Å². The number of ketones is 1. The van der Waals surface area contributed by atoms with Crippen LogP contribution in [0.25, 0.3) is 0 Å². The van der Waals surface area contributed by atoms with Crippen LogP contribution in [0.5, 0.6) is 0 Å². The van der Waals surface area contributed by atoms with Crippen molar-refractivity contribution in [3.63, 3.8) is 0 Å². The molecule has 31 heavy (non-hydrogen) atoms.